The van der Waals surface area contributed by atoms with E-state index < -0.39 is 0 Å². The molecular formula is C12H22N4O. The van der Waals surface area contributed by atoms with Gasteiger partial charge >= 0.3 is 0 Å². The van der Waals surface area contributed by atoms with Crippen molar-refractivity contribution in [2.24, 2.45) is 5.92 Å². The van der Waals surface area contributed by atoms with Gasteiger partial charge in [0.15, 0.2) is 0 Å². The molecule has 0 spiro atoms. The van der Waals surface area contributed by atoms with Gasteiger partial charge in [-0.15, -0.1) is 0 Å². The minimum absolute atomic E-state index is 0.229. The first-order valence-corrected chi connectivity index (χ1v) is 6.16. The van der Waals surface area contributed by atoms with E-state index in [9.17, 15) is 0 Å². The zero-order valence-electron chi connectivity index (χ0n) is 10.6. The molecule has 96 valence electrons. The normalized spacial score (nSPS) is 12.4. The number of aliphatic hydroxyl groups is 1. The van der Waals surface area contributed by atoms with Gasteiger partial charge < -0.3 is 16.2 Å². The highest BCUT2D eigenvalue weighted by molar-refractivity contribution is 5.54. The maximum atomic E-state index is 8.94. The quantitative estimate of drug-likeness (QED) is 0.669. The summed E-state index contributed by atoms with van der Waals surface area (Å²) in [6, 6.07) is 0. The number of nitrogens with two attached hydrogens (primary N) is 1. The first-order valence-electron chi connectivity index (χ1n) is 6.16. The molecule has 5 heteroatoms. The second kappa shape index (κ2) is 7.06. The van der Waals surface area contributed by atoms with E-state index in [1.807, 2.05) is 6.92 Å². The lowest BCUT2D eigenvalue weighted by Crippen LogP contribution is -2.17. The van der Waals surface area contributed by atoms with Crippen LogP contribution in [0, 0.1) is 5.92 Å². The first-order chi connectivity index (χ1) is 8.22. The van der Waals surface area contributed by atoms with Gasteiger partial charge in [-0.05, 0) is 18.8 Å². The van der Waals surface area contributed by atoms with Crippen LogP contribution >= 0.6 is 0 Å². The fraction of sp³-hybridized carbons (Fsp3) is 0.667. The van der Waals surface area contributed by atoms with Crippen LogP contribution in [0.3, 0.4) is 0 Å². The van der Waals surface area contributed by atoms with E-state index in [1.54, 1.807) is 0 Å². The second-order valence-corrected chi connectivity index (χ2v) is 4.11. The lowest BCUT2D eigenvalue weighted by molar-refractivity contribution is 0.258. The van der Waals surface area contributed by atoms with E-state index in [0.717, 1.165) is 37.2 Å². The van der Waals surface area contributed by atoms with E-state index in [-0.39, 0.29) is 6.61 Å². The van der Waals surface area contributed by atoms with Crippen molar-refractivity contribution in [1.29, 1.82) is 0 Å². The molecule has 17 heavy (non-hydrogen) atoms. The Balaban J connectivity index is 2.65. The number of anilines is 2. The van der Waals surface area contributed by atoms with Gasteiger partial charge in [0.2, 0.25) is 0 Å². The molecule has 0 radical (unpaired) electrons. The Morgan fingerprint density at radius 1 is 1.41 bits per heavy atom. The molecule has 0 aliphatic rings. The fourth-order valence-corrected chi connectivity index (χ4v) is 1.80. The highest BCUT2D eigenvalue weighted by Crippen LogP contribution is 2.18. The minimum atomic E-state index is 0.229. The fourth-order valence-electron chi connectivity index (χ4n) is 1.80. The Morgan fingerprint density at radius 3 is 2.76 bits per heavy atom. The van der Waals surface area contributed by atoms with Crippen molar-refractivity contribution in [3.8, 4) is 0 Å². The second-order valence-electron chi connectivity index (χ2n) is 4.11. The number of hydrogen-bond acceptors (Lipinski definition) is 5. The van der Waals surface area contributed by atoms with Gasteiger partial charge in [-0.25, -0.2) is 9.97 Å². The van der Waals surface area contributed by atoms with Crippen molar-refractivity contribution in [2.75, 3.05) is 24.2 Å². The molecule has 0 aliphatic carbocycles. The highest BCUT2D eigenvalue weighted by Gasteiger charge is 2.09. The third kappa shape index (κ3) is 3.85. The maximum Gasteiger partial charge on any atom is 0.134 e. The van der Waals surface area contributed by atoms with E-state index in [2.05, 4.69) is 22.2 Å². The van der Waals surface area contributed by atoms with Gasteiger partial charge in [0, 0.05) is 18.7 Å². The van der Waals surface area contributed by atoms with E-state index in [4.69, 9.17) is 10.8 Å². The molecule has 1 unspecified atom stereocenters. The number of nitrogens with one attached hydrogen (secondary N) is 1. The Labute approximate surface area is 102 Å². The maximum absolute atomic E-state index is 8.94. The summed E-state index contributed by atoms with van der Waals surface area (Å²) in [5.74, 6) is 1.82. The highest BCUT2D eigenvalue weighted by atomic mass is 16.3. The van der Waals surface area contributed by atoms with Crippen LogP contribution in [0.5, 0.6) is 0 Å². The van der Waals surface area contributed by atoms with Gasteiger partial charge in [-0.1, -0.05) is 20.3 Å². The molecule has 0 fully saturated rings. The van der Waals surface area contributed by atoms with Crippen molar-refractivity contribution in [3.63, 3.8) is 0 Å². The topological polar surface area (TPSA) is 84.1 Å². The van der Waals surface area contributed by atoms with Crippen LogP contribution in [0.25, 0.3) is 0 Å². The van der Waals surface area contributed by atoms with Crippen molar-refractivity contribution < 1.29 is 5.11 Å². The Morgan fingerprint density at radius 2 is 2.18 bits per heavy atom. The largest absolute Gasteiger partial charge is 0.396 e. The van der Waals surface area contributed by atoms with Crippen LogP contribution in [0.2, 0.25) is 0 Å². The molecule has 0 amide bonds. The van der Waals surface area contributed by atoms with Gasteiger partial charge in [-0.3, -0.25) is 0 Å². The van der Waals surface area contributed by atoms with Crippen molar-refractivity contribution in [3.05, 3.63) is 11.9 Å². The minimum Gasteiger partial charge on any atom is -0.396 e. The summed E-state index contributed by atoms with van der Waals surface area (Å²) in [5, 5.41) is 12.2. The summed E-state index contributed by atoms with van der Waals surface area (Å²) in [7, 11) is 0. The summed E-state index contributed by atoms with van der Waals surface area (Å²) in [5.41, 5.74) is 6.76. The SMILES string of the molecule is CCc1c(N)ncnc1NCC(CC)CCO. The molecular weight excluding hydrogens is 216 g/mol. The van der Waals surface area contributed by atoms with Crippen LogP contribution in [0.15, 0.2) is 6.33 Å². The summed E-state index contributed by atoms with van der Waals surface area (Å²) >= 11 is 0. The Bertz CT molecular complexity index is 343. The average Bonchev–Trinajstić information content (AvgIpc) is 2.34. The zero-order chi connectivity index (χ0) is 12.7. The average molecular weight is 238 g/mol. The predicted molar refractivity (Wildman–Crippen MR) is 69.8 cm³/mol. The Hall–Kier alpha value is -1.36. The summed E-state index contributed by atoms with van der Waals surface area (Å²) in [4.78, 5) is 8.19. The standard InChI is InChI=1S/C12H22N4O/c1-3-9(5-6-17)7-14-12-10(4-2)11(13)15-8-16-12/h8-9,17H,3-7H2,1-2H3,(H3,13,14,15,16). The van der Waals surface area contributed by atoms with Crippen LogP contribution in [-0.4, -0.2) is 28.2 Å². The first kappa shape index (κ1) is 13.7. The number of rotatable bonds is 7. The number of nitrogen functional groups attached to an aromatic ring is 1. The van der Waals surface area contributed by atoms with Gasteiger partial charge in [-0.2, -0.15) is 0 Å². The molecule has 5 nitrogen and oxygen atoms in total. The van der Waals surface area contributed by atoms with Crippen LogP contribution in [0.4, 0.5) is 11.6 Å². The van der Waals surface area contributed by atoms with Gasteiger partial charge in [0.1, 0.15) is 18.0 Å². The van der Waals surface area contributed by atoms with Gasteiger partial charge in [0.05, 0.1) is 0 Å². The number of aliphatic hydroxyl groups excluding tert-OH is 1. The van der Waals surface area contributed by atoms with Crippen molar-refractivity contribution in [2.45, 2.75) is 33.1 Å². The van der Waals surface area contributed by atoms with Crippen LogP contribution in [-0.2, 0) is 6.42 Å². The molecule has 0 saturated heterocycles. The molecule has 0 saturated carbocycles. The smallest absolute Gasteiger partial charge is 0.134 e. The summed E-state index contributed by atoms with van der Waals surface area (Å²) in [6.07, 6.45) is 4.14. The molecule has 0 aromatic carbocycles. The number of hydrogen-bond donors (Lipinski definition) is 3. The summed E-state index contributed by atoms with van der Waals surface area (Å²) in [6.45, 7) is 5.19. The number of aromatic nitrogens is 2. The molecule has 1 heterocycles. The van der Waals surface area contributed by atoms with Gasteiger partial charge in [0.25, 0.3) is 0 Å². The molecule has 1 aromatic heterocycles. The van der Waals surface area contributed by atoms with E-state index in [0.29, 0.717) is 11.7 Å². The van der Waals surface area contributed by atoms with E-state index in [1.165, 1.54) is 6.33 Å². The Kier molecular flexibility index (Phi) is 5.69. The molecule has 1 aromatic rings. The lowest BCUT2D eigenvalue weighted by Gasteiger charge is -2.16. The molecule has 4 N–H and O–H groups in total. The third-order valence-corrected chi connectivity index (χ3v) is 3.01. The molecule has 0 bridgehead atoms. The number of nitrogens with zero attached hydrogens (tertiary/aromatic N) is 2. The van der Waals surface area contributed by atoms with Crippen LogP contribution < -0.4 is 11.1 Å². The summed E-state index contributed by atoms with van der Waals surface area (Å²) < 4.78 is 0. The van der Waals surface area contributed by atoms with Crippen molar-refractivity contribution in [1.82, 2.24) is 9.97 Å². The third-order valence-electron chi connectivity index (χ3n) is 3.01. The molecule has 1 atom stereocenters. The van der Waals surface area contributed by atoms with Crippen LogP contribution in [0.1, 0.15) is 32.3 Å². The molecule has 1 rings (SSSR count). The predicted octanol–water partition coefficient (Wildman–Crippen LogP) is 1.44. The van der Waals surface area contributed by atoms with E-state index >= 15 is 0 Å². The lowest BCUT2D eigenvalue weighted by atomic mass is 10.0. The van der Waals surface area contributed by atoms with Crippen molar-refractivity contribution >= 4 is 11.6 Å². The monoisotopic (exact) mass is 238 g/mol. The molecule has 0 aliphatic heterocycles. The zero-order valence-corrected chi connectivity index (χ0v) is 10.6.